The Morgan fingerprint density at radius 3 is 2.72 bits per heavy atom. The van der Waals surface area contributed by atoms with Gasteiger partial charge in [-0.1, -0.05) is 6.07 Å². The Balaban J connectivity index is 2.13. The number of carbonyl (C=O) groups is 1. The Bertz CT molecular complexity index is 413. The topological polar surface area (TPSA) is 71.5 Å². The summed E-state index contributed by atoms with van der Waals surface area (Å²) in [6.07, 6.45) is 2.91. The third-order valence-electron chi connectivity index (χ3n) is 3.31. The van der Waals surface area contributed by atoms with Gasteiger partial charge in [0.15, 0.2) is 0 Å². The highest BCUT2D eigenvalue weighted by Crippen LogP contribution is 2.38. The number of hydrogen-bond donors (Lipinski definition) is 2. The molecule has 5 nitrogen and oxygen atoms in total. The third kappa shape index (κ3) is 2.79. The summed E-state index contributed by atoms with van der Waals surface area (Å²) in [5.41, 5.74) is 0.947. The van der Waals surface area contributed by atoms with E-state index in [1.54, 1.807) is 19.4 Å². The molecular weight excluding hydrogens is 232 g/mol. The summed E-state index contributed by atoms with van der Waals surface area (Å²) in [6, 6.07) is 3.60. The van der Waals surface area contributed by atoms with Gasteiger partial charge in [0.25, 0.3) is 0 Å². The van der Waals surface area contributed by atoms with Crippen LogP contribution in [0.4, 0.5) is 0 Å². The highest BCUT2D eigenvalue weighted by atomic mass is 16.5. The maximum atomic E-state index is 11.3. The number of hydrogen-bond acceptors (Lipinski definition) is 4. The highest BCUT2D eigenvalue weighted by Gasteiger charge is 2.35. The van der Waals surface area contributed by atoms with Crippen LogP contribution >= 0.6 is 0 Å². The molecule has 2 rings (SSSR count). The van der Waals surface area contributed by atoms with Gasteiger partial charge >= 0.3 is 0 Å². The number of aliphatic hydroxyl groups is 1. The SMILES string of the molecule is COc1ccc(C(NC(C)=O)C2CC(O)C2)cn1. The molecule has 1 aliphatic carbocycles. The van der Waals surface area contributed by atoms with E-state index in [0.29, 0.717) is 5.88 Å². The smallest absolute Gasteiger partial charge is 0.217 e. The van der Waals surface area contributed by atoms with Gasteiger partial charge < -0.3 is 15.2 Å². The van der Waals surface area contributed by atoms with Crippen molar-refractivity contribution in [3.05, 3.63) is 23.9 Å². The van der Waals surface area contributed by atoms with Crippen LogP contribution in [0.1, 0.15) is 31.4 Å². The van der Waals surface area contributed by atoms with E-state index in [1.807, 2.05) is 6.07 Å². The average molecular weight is 250 g/mol. The van der Waals surface area contributed by atoms with Crippen LogP contribution in [0, 0.1) is 5.92 Å². The minimum absolute atomic E-state index is 0.0720. The average Bonchev–Trinajstić information content (AvgIpc) is 2.32. The Kier molecular flexibility index (Phi) is 3.81. The van der Waals surface area contributed by atoms with E-state index in [9.17, 15) is 9.90 Å². The Hall–Kier alpha value is -1.62. The molecule has 0 radical (unpaired) electrons. The molecule has 1 aromatic rings. The molecule has 1 aromatic heterocycles. The van der Waals surface area contributed by atoms with Crippen LogP contribution in [0.25, 0.3) is 0 Å². The van der Waals surface area contributed by atoms with Crippen LogP contribution < -0.4 is 10.1 Å². The Labute approximate surface area is 106 Å². The first-order valence-corrected chi connectivity index (χ1v) is 6.05. The molecule has 1 amide bonds. The second-order valence-electron chi connectivity index (χ2n) is 4.70. The van der Waals surface area contributed by atoms with Crippen molar-refractivity contribution in [3.63, 3.8) is 0 Å². The summed E-state index contributed by atoms with van der Waals surface area (Å²) < 4.78 is 5.01. The van der Waals surface area contributed by atoms with Crippen LogP contribution in [0.15, 0.2) is 18.3 Å². The van der Waals surface area contributed by atoms with Gasteiger partial charge in [-0.15, -0.1) is 0 Å². The van der Waals surface area contributed by atoms with E-state index in [4.69, 9.17) is 4.74 Å². The minimum Gasteiger partial charge on any atom is -0.481 e. The van der Waals surface area contributed by atoms with Crippen LogP contribution in [0.2, 0.25) is 0 Å². The van der Waals surface area contributed by atoms with Gasteiger partial charge in [0, 0.05) is 19.2 Å². The van der Waals surface area contributed by atoms with Crippen LogP contribution in [-0.4, -0.2) is 29.2 Å². The van der Waals surface area contributed by atoms with Gasteiger partial charge in [-0.2, -0.15) is 0 Å². The monoisotopic (exact) mass is 250 g/mol. The summed E-state index contributed by atoms with van der Waals surface area (Å²) in [4.78, 5) is 15.4. The van der Waals surface area contributed by atoms with Gasteiger partial charge in [-0.05, 0) is 24.3 Å². The second kappa shape index (κ2) is 5.35. The highest BCUT2D eigenvalue weighted by molar-refractivity contribution is 5.73. The lowest BCUT2D eigenvalue weighted by Crippen LogP contribution is -2.40. The molecule has 1 saturated carbocycles. The predicted molar refractivity (Wildman–Crippen MR) is 66.1 cm³/mol. The summed E-state index contributed by atoms with van der Waals surface area (Å²) in [7, 11) is 1.57. The Morgan fingerprint density at radius 2 is 2.28 bits per heavy atom. The van der Waals surface area contributed by atoms with Crippen molar-refractivity contribution < 1.29 is 14.6 Å². The fourth-order valence-electron chi connectivity index (χ4n) is 2.29. The normalized spacial score (nSPS) is 23.9. The lowest BCUT2D eigenvalue weighted by Gasteiger charge is -2.38. The van der Waals surface area contributed by atoms with Crippen LogP contribution in [0.3, 0.4) is 0 Å². The molecule has 0 aromatic carbocycles. The fourth-order valence-corrected chi connectivity index (χ4v) is 2.29. The van der Waals surface area contributed by atoms with Crippen LogP contribution in [0.5, 0.6) is 5.88 Å². The zero-order chi connectivity index (χ0) is 13.1. The van der Waals surface area contributed by atoms with Crippen LogP contribution in [-0.2, 0) is 4.79 Å². The molecule has 98 valence electrons. The van der Waals surface area contributed by atoms with E-state index < -0.39 is 0 Å². The number of methoxy groups -OCH3 is 1. The molecular formula is C13H18N2O3. The molecule has 0 saturated heterocycles. The molecule has 0 aliphatic heterocycles. The van der Waals surface area contributed by atoms with Gasteiger partial charge in [0.05, 0.1) is 19.3 Å². The minimum atomic E-state index is -0.238. The predicted octanol–water partition coefficient (Wildman–Crippen LogP) is 1.04. The number of pyridine rings is 1. The van der Waals surface area contributed by atoms with Crippen molar-refractivity contribution >= 4 is 5.91 Å². The first kappa shape index (κ1) is 12.8. The maximum absolute atomic E-state index is 11.3. The van der Waals surface area contributed by atoms with Crippen molar-refractivity contribution in [1.29, 1.82) is 0 Å². The van der Waals surface area contributed by atoms with E-state index in [-0.39, 0.29) is 24.0 Å². The zero-order valence-corrected chi connectivity index (χ0v) is 10.6. The third-order valence-corrected chi connectivity index (χ3v) is 3.31. The lowest BCUT2D eigenvalue weighted by molar-refractivity contribution is -0.120. The molecule has 5 heteroatoms. The fraction of sp³-hybridized carbons (Fsp3) is 0.538. The number of nitrogens with one attached hydrogen (secondary N) is 1. The van der Waals surface area contributed by atoms with Gasteiger partial charge in [-0.3, -0.25) is 4.79 Å². The van der Waals surface area contributed by atoms with Crippen molar-refractivity contribution in [1.82, 2.24) is 10.3 Å². The Morgan fingerprint density at radius 1 is 1.56 bits per heavy atom. The number of ether oxygens (including phenoxy) is 1. The lowest BCUT2D eigenvalue weighted by atomic mass is 9.75. The second-order valence-corrected chi connectivity index (χ2v) is 4.70. The van der Waals surface area contributed by atoms with Crippen molar-refractivity contribution in [2.45, 2.75) is 31.9 Å². The van der Waals surface area contributed by atoms with E-state index in [2.05, 4.69) is 10.3 Å². The van der Waals surface area contributed by atoms with Crippen molar-refractivity contribution in [3.8, 4) is 5.88 Å². The quantitative estimate of drug-likeness (QED) is 0.837. The molecule has 1 atom stereocenters. The van der Waals surface area contributed by atoms with E-state index in [0.717, 1.165) is 18.4 Å². The van der Waals surface area contributed by atoms with Gasteiger partial charge in [0.2, 0.25) is 11.8 Å². The number of rotatable bonds is 4. The van der Waals surface area contributed by atoms with E-state index >= 15 is 0 Å². The molecule has 1 aliphatic rings. The first-order chi connectivity index (χ1) is 8.60. The summed E-state index contributed by atoms with van der Waals surface area (Å²) >= 11 is 0. The van der Waals surface area contributed by atoms with Gasteiger partial charge in [-0.25, -0.2) is 4.98 Å². The molecule has 1 unspecified atom stereocenters. The number of carbonyl (C=O) groups excluding carboxylic acids is 1. The molecule has 18 heavy (non-hydrogen) atoms. The summed E-state index contributed by atoms with van der Waals surface area (Å²) in [5.74, 6) is 0.755. The summed E-state index contributed by atoms with van der Waals surface area (Å²) in [6.45, 7) is 1.50. The molecule has 2 N–H and O–H groups in total. The number of nitrogens with zero attached hydrogens (tertiary/aromatic N) is 1. The largest absolute Gasteiger partial charge is 0.481 e. The maximum Gasteiger partial charge on any atom is 0.217 e. The van der Waals surface area contributed by atoms with E-state index in [1.165, 1.54) is 6.92 Å². The zero-order valence-electron chi connectivity index (χ0n) is 10.6. The standard InChI is InChI=1S/C13H18N2O3/c1-8(16)15-13(10-5-11(17)6-10)9-3-4-12(18-2)14-7-9/h3-4,7,10-11,13,17H,5-6H2,1-2H3,(H,15,16). The molecule has 0 bridgehead atoms. The number of aromatic nitrogens is 1. The number of aliphatic hydroxyl groups excluding tert-OH is 1. The van der Waals surface area contributed by atoms with Gasteiger partial charge in [0.1, 0.15) is 0 Å². The summed E-state index contributed by atoms with van der Waals surface area (Å²) in [5, 5.41) is 12.3. The van der Waals surface area contributed by atoms with Crippen molar-refractivity contribution in [2.24, 2.45) is 5.92 Å². The molecule has 1 heterocycles. The van der Waals surface area contributed by atoms with Crippen molar-refractivity contribution in [2.75, 3.05) is 7.11 Å². The molecule has 0 spiro atoms. The first-order valence-electron chi connectivity index (χ1n) is 6.05. The number of amides is 1. The molecule has 1 fully saturated rings.